The number of amides is 1. The van der Waals surface area contributed by atoms with Crippen molar-refractivity contribution in [3.63, 3.8) is 0 Å². The highest BCUT2D eigenvalue weighted by molar-refractivity contribution is 5.83. The van der Waals surface area contributed by atoms with Gasteiger partial charge in [0.1, 0.15) is 17.6 Å². The van der Waals surface area contributed by atoms with Gasteiger partial charge >= 0.3 is 12.1 Å². The maximum absolute atomic E-state index is 12.4. The highest BCUT2D eigenvalue weighted by atomic mass is 16.6. The van der Waals surface area contributed by atoms with E-state index in [-0.39, 0.29) is 6.42 Å². The van der Waals surface area contributed by atoms with Crippen LogP contribution in [-0.2, 0) is 11.2 Å². The van der Waals surface area contributed by atoms with Crippen LogP contribution in [0, 0.1) is 6.92 Å². The summed E-state index contributed by atoms with van der Waals surface area (Å²) >= 11 is 0. The van der Waals surface area contributed by atoms with Gasteiger partial charge in [-0.15, -0.1) is 0 Å². The summed E-state index contributed by atoms with van der Waals surface area (Å²) in [5.74, 6) is 0.429. The lowest BCUT2D eigenvalue weighted by Crippen LogP contribution is -2.42. The lowest BCUT2D eigenvalue weighted by Gasteiger charge is -2.35. The number of carbonyl (C=O) groups excluding carboxylic acids is 1. The van der Waals surface area contributed by atoms with Gasteiger partial charge in [0.25, 0.3) is 0 Å². The minimum absolute atomic E-state index is 0.203. The number of hydrogen-bond donors (Lipinski definition) is 2. The molecule has 1 amide bonds. The van der Waals surface area contributed by atoms with Gasteiger partial charge in [-0.25, -0.2) is 14.6 Å². The molecule has 0 spiro atoms. The van der Waals surface area contributed by atoms with Gasteiger partial charge in [0.05, 0.1) is 0 Å². The lowest BCUT2D eigenvalue weighted by molar-refractivity contribution is -0.137. The van der Waals surface area contributed by atoms with Gasteiger partial charge < -0.3 is 29.9 Å². The third-order valence-corrected chi connectivity index (χ3v) is 7.31. The molecule has 1 aliphatic rings. The number of aromatic nitrogens is 2. The first-order chi connectivity index (χ1) is 19.1. The summed E-state index contributed by atoms with van der Waals surface area (Å²) in [5.41, 5.74) is 3.51. The van der Waals surface area contributed by atoms with Crippen molar-refractivity contribution in [1.29, 1.82) is 0 Å². The van der Waals surface area contributed by atoms with Crippen LogP contribution in [-0.4, -0.2) is 90.3 Å². The van der Waals surface area contributed by atoms with E-state index >= 15 is 0 Å². The molecule has 1 fully saturated rings. The largest absolute Gasteiger partial charge is 0.480 e. The smallest absolute Gasteiger partial charge is 0.414 e. The molecule has 0 saturated carbocycles. The number of carboxylic acids is 1. The fourth-order valence-electron chi connectivity index (χ4n) is 4.76. The predicted molar refractivity (Wildman–Crippen MR) is 156 cm³/mol. The Morgan fingerprint density at radius 3 is 2.38 bits per heavy atom. The molecule has 1 saturated heterocycles. The first-order valence-corrected chi connectivity index (χ1v) is 13.4. The predicted octanol–water partition coefficient (Wildman–Crippen LogP) is 4.15. The molecule has 3 aromatic rings. The number of ether oxygens (including phenoxy) is 1. The molecule has 1 aromatic heterocycles. The number of nitrogens with one attached hydrogen (secondary N) is 1. The number of piperidine rings is 1. The second-order valence-electron chi connectivity index (χ2n) is 10.5. The molecule has 2 aromatic carbocycles. The van der Waals surface area contributed by atoms with E-state index in [1.807, 2.05) is 38.2 Å². The van der Waals surface area contributed by atoms with Crippen molar-refractivity contribution in [2.24, 2.45) is 0 Å². The van der Waals surface area contributed by atoms with E-state index in [1.165, 1.54) is 4.90 Å². The SMILES string of the molecule is Cc1ccccc1-c1cnc(N(C)C2CCN(C)CC2)nc1N[C@@H](Cc1ccc(OC(=O)N(C)C)cc1)C(=O)O. The van der Waals surface area contributed by atoms with Crippen molar-refractivity contribution >= 4 is 23.8 Å². The number of nitrogens with zero attached hydrogens (tertiary/aromatic N) is 5. The molecule has 212 valence electrons. The summed E-state index contributed by atoms with van der Waals surface area (Å²) in [6.45, 7) is 4.03. The summed E-state index contributed by atoms with van der Waals surface area (Å²) in [6, 6.07) is 14.1. The average molecular weight is 547 g/mol. The molecular formula is C30H38N6O4. The maximum atomic E-state index is 12.4. The van der Waals surface area contributed by atoms with E-state index in [4.69, 9.17) is 14.7 Å². The van der Waals surface area contributed by atoms with Crippen LogP contribution in [0.3, 0.4) is 0 Å². The van der Waals surface area contributed by atoms with Crippen LogP contribution in [0.15, 0.2) is 54.7 Å². The number of aryl methyl sites for hydroxylation is 1. The van der Waals surface area contributed by atoms with Gasteiger partial charge in [-0.2, -0.15) is 4.98 Å². The topological polar surface area (TPSA) is 111 Å². The van der Waals surface area contributed by atoms with Gasteiger partial charge in [0.15, 0.2) is 0 Å². The van der Waals surface area contributed by atoms with Gasteiger partial charge in [-0.3, -0.25) is 0 Å². The van der Waals surface area contributed by atoms with Crippen LogP contribution in [0.25, 0.3) is 11.1 Å². The highest BCUT2D eigenvalue weighted by Crippen LogP contribution is 2.31. The number of carboxylic acid groups (broad SMARTS) is 1. The van der Waals surface area contributed by atoms with Gasteiger partial charge in [-0.05, 0) is 68.7 Å². The second kappa shape index (κ2) is 12.8. The Kier molecular flexibility index (Phi) is 9.21. The molecule has 1 atom stereocenters. The molecule has 1 aliphatic heterocycles. The number of rotatable bonds is 9. The second-order valence-corrected chi connectivity index (χ2v) is 10.5. The lowest BCUT2D eigenvalue weighted by atomic mass is 10.0. The summed E-state index contributed by atoms with van der Waals surface area (Å²) in [7, 11) is 7.34. The van der Waals surface area contributed by atoms with Crippen molar-refractivity contribution in [3.05, 3.63) is 65.9 Å². The summed E-state index contributed by atoms with van der Waals surface area (Å²) < 4.78 is 5.28. The third kappa shape index (κ3) is 7.06. The Bertz CT molecular complexity index is 1320. The van der Waals surface area contributed by atoms with Crippen molar-refractivity contribution < 1.29 is 19.4 Å². The quantitative estimate of drug-likeness (QED) is 0.409. The summed E-state index contributed by atoms with van der Waals surface area (Å²) in [6.07, 6.45) is 3.53. The number of carbonyl (C=O) groups is 2. The van der Waals surface area contributed by atoms with Crippen molar-refractivity contribution in [2.45, 2.75) is 38.3 Å². The summed E-state index contributed by atoms with van der Waals surface area (Å²) in [4.78, 5) is 39.6. The Hall–Kier alpha value is -4.18. The van der Waals surface area contributed by atoms with E-state index in [1.54, 1.807) is 44.6 Å². The summed E-state index contributed by atoms with van der Waals surface area (Å²) in [5, 5.41) is 13.4. The number of likely N-dealkylation sites (tertiary alicyclic amines) is 1. The van der Waals surface area contributed by atoms with Crippen LogP contribution in [0.5, 0.6) is 5.75 Å². The number of benzene rings is 2. The number of anilines is 2. The Morgan fingerprint density at radius 2 is 1.75 bits per heavy atom. The minimum atomic E-state index is -0.998. The molecule has 4 rings (SSSR count). The van der Waals surface area contributed by atoms with E-state index < -0.39 is 18.1 Å². The van der Waals surface area contributed by atoms with Crippen molar-refractivity contribution in [2.75, 3.05) is 51.5 Å². The Balaban J connectivity index is 1.61. The van der Waals surface area contributed by atoms with Crippen LogP contribution in [0.4, 0.5) is 16.6 Å². The monoisotopic (exact) mass is 546 g/mol. The van der Waals surface area contributed by atoms with Crippen LogP contribution < -0.4 is 15.0 Å². The van der Waals surface area contributed by atoms with E-state index in [0.717, 1.165) is 48.2 Å². The molecule has 10 nitrogen and oxygen atoms in total. The van der Waals surface area contributed by atoms with Gasteiger partial charge in [0.2, 0.25) is 5.95 Å². The van der Waals surface area contributed by atoms with Crippen LogP contribution >= 0.6 is 0 Å². The Morgan fingerprint density at radius 1 is 1.07 bits per heavy atom. The molecular weight excluding hydrogens is 508 g/mol. The number of aliphatic carboxylic acids is 1. The molecule has 10 heteroatoms. The zero-order valence-corrected chi connectivity index (χ0v) is 23.8. The molecule has 2 N–H and O–H groups in total. The fourth-order valence-corrected chi connectivity index (χ4v) is 4.76. The molecule has 40 heavy (non-hydrogen) atoms. The zero-order chi connectivity index (χ0) is 28.8. The minimum Gasteiger partial charge on any atom is -0.480 e. The van der Waals surface area contributed by atoms with E-state index in [2.05, 4.69) is 22.2 Å². The van der Waals surface area contributed by atoms with Crippen molar-refractivity contribution in [1.82, 2.24) is 19.8 Å². The van der Waals surface area contributed by atoms with Gasteiger partial charge in [-0.1, -0.05) is 36.4 Å². The molecule has 2 heterocycles. The molecule has 0 aliphatic carbocycles. The third-order valence-electron chi connectivity index (χ3n) is 7.31. The number of hydrogen-bond acceptors (Lipinski definition) is 8. The molecule has 0 unspecified atom stereocenters. The standard InChI is InChI=1S/C30H38N6O4/c1-20-8-6-7-9-24(20)25-19-31-29(36(5)22-14-16-35(4)17-15-22)33-27(25)32-26(28(37)38)18-21-10-12-23(13-11-21)40-30(39)34(2)3/h6-13,19,22,26H,14-18H2,1-5H3,(H,37,38)(H,31,32,33)/t26-/m0/s1. The fraction of sp³-hybridized carbons (Fsp3) is 0.400. The van der Waals surface area contributed by atoms with Crippen LogP contribution in [0.2, 0.25) is 0 Å². The normalized spacial score (nSPS) is 14.8. The average Bonchev–Trinajstić information content (AvgIpc) is 2.94. The zero-order valence-electron chi connectivity index (χ0n) is 23.8. The van der Waals surface area contributed by atoms with E-state index in [9.17, 15) is 14.7 Å². The Labute approximate surface area is 235 Å². The molecule has 0 radical (unpaired) electrons. The van der Waals surface area contributed by atoms with Crippen LogP contribution in [0.1, 0.15) is 24.0 Å². The first-order valence-electron chi connectivity index (χ1n) is 13.4. The highest BCUT2D eigenvalue weighted by Gasteiger charge is 2.25. The first kappa shape index (κ1) is 28.8. The van der Waals surface area contributed by atoms with E-state index in [0.29, 0.717) is 23.6 Å². The van der Waals surface area contributed by atoms with Gasteiger partial charge in [0, 0.05) is 45.4 Å². The van der Waals surface area contributed by atoms with Crippen molar-refractivity contribution in [3.8, 4) is 16.9 Å². The molecule has 0 bridgehead atoms. The maximum Gasteiger partial charge on any atom is 0.414 e.